The van der Waals surface area contributed by atoms with Crippen LogP contribution in [0.4, 0.5) is 0 Å². The number of allylic oxidation sites excluding steroid dienone is 2. The number of carboxylic acid groups (broad SMARTS) is 1. The minimum Gasteiger partial charge on any atom is -0.546 e. The SMILES string of the molecule is CCCC12CCC(=O)C=C1c1c(cc(OCC(=O)[O-])c(Cl)c1Cl)C2.[K+]. The largest absolute Gasteiger partial charge is 1.00 e. The van der Waals surface area contributed by atoms with Crippen LogP contribution in [0.25, 0.3) is 5.57 Å². The van der Waals surface area contributed by atoms with Gasteiger partial charge in [0.25, 0.3) is 0 Å². The summed E-state index contributed by atoms with van der Waals surface area (Å²) in [6.45, 7) is 1.53. The Hall–Kier alpha value is 0.116. The second-order valence-electron chi connectivity index (χ2n) is 6.43. The van der Waals surface area contributed by atoms with Crippen LogP contribution in [-0.2, 0) is 16.0 Å². The van der Waals surface area contributed by atoms with Gasteiger partial charge in [0.05, 0.1) is 11.0 Å². The molecule has 0 spiro atoms. The van der Waals surface area contributed by atoms with Gasteiger partial charge in [-0.05, 0) is 42.5 Å². The summed E-state index contributed by atoms with van der Waals surface area (Å²) in [6.07, 6.45) is 5.76. The van der Waals surface area contributed by atoms with Crippen LogP contribution in [0.3, 0.4) is 0 Å². The summed E-state index contributed by atoms with van der Waals surface area (Å²) in [6, 6.07) is 1.74. The fourth-order valence-corrected chi connectivity index (χ4v) is 4.44. The van der Waals surface area contributed by atoms with Gasteiger partial charge in [0.2, 0.25) is 0 Å². The molecule has 4 nitrogen and oxygen atoms in total. The molecule has 0 amide bonds. The van der Waals surface area contributed by atoms with Crippen LogP contribution in [0.2, 0.25) is 10.0 Å². The molecule has 0 saturated heterocycles. The topological polar surface area (TPSA) is 66.4 Å². The Kier molecular flexibility index (Phi) is 7.22. The summed E-state index contributed by atoms with van der Waals surface area (Å²) in [4.78, 5) is 22.6. The smallest absolute Gasteiger partial charge is 0.546 e. The minimum absolute atomic E-state index is 0. The van der Waals surface area contributed by atoms with Crippen LogP contribution in [0.15, 0.2) is 12.1 Å². The molecule has 0 radical (unpaired) electrons. The predicted molar refractivity (Wildman–Crippen MR) is 90.2 cm³/mol. The van der Waals surface area contributed by atoms with Crippen molar-refractivity contribution in [3.05, 3.63) is 33.3 Å². The number of aliphatic carboxylic acids is 1. The molecule has 1 atom stereocenters. The molecule has 0 heterocycles. The Morgan fingerprint density at radius 3 is 2.72 bits per heavy atom. The third-order valence-electron chi connectivity index (χ3n) is 4.85. The number of ketones is 1. The third kappa shape index (κ3) is 4.03. The maximum atomic E-state index is 12.0. The first-order valence-corrected chi connectivity index (χ1v) is 8.72. The molecule has 7 heteroatoms. The number of carboxylic acids is 1. The van der Waals surface area contributed by atoms with Crippen LogP contribution in [0, 0.1) is 5.41 Å². The van der Waals surface area contributed by atoms with Crippen molar-refractivity contribution < 1.29 is 70.8 Å². The zero-order valence-corrected chi connectivity index (χ0v) is 18.9. The van der Waals surface area contributed by atoms with Crippen molar-refractivity contribution >= 4 is 40.5 Å². The van der Waals surface area contributed by atoms with E-state index in [4.69, 9.17) is 27.9 Å². The van der Waals surface area contributed by atoms with E-state index in [0.29, 0.717) is 11.4 Å². The molecule has 2 aliphatic rings. The van der Waals surface area contributed by atoms with Crippen molar-refractivity contribution in [1.82, 2.24) is 0 Å². The van der Waals surface area contributed by atoms with E-state index in [1.165, 1.54) is 0 Å². The van der Waals surface area contributed by atoms with E-state index in [-0.39, 0.29) is 73.4 Å². The number of halogens is 2. The molecule has 128 valence electrons. The Labute approximate surface area is 199 Å². The van der Waals surface area contributed by atoms with Crippen molar-refractivity contribution in [2.75, 3.05) is 6.61 Å². The molecule has 1 unspecified atom stereocenters. The molecular formula is C18H17Cl2KO4. The van der Waals surface area contributed by atoms with Gasteiger partial charge < -0.3 is 14.6 Å². The minimum atomic E-state index is -1.33. The summed E-state index contributed by atoms with van der Waals surface area (Å²) in [5.74, 6) is -0.983. The molecule has 1 aromatic rings. The summed E-state index contributed by atoms with van der Waals surface area (Å²) in [5, 5.41) is 11.1. The van der Waals surface area contributed by atoms with Gasteiger partial charge in [0.1, 0.15) is 17.4 Å². The van der Waals surface area contributed by atoms with E-state index in [1.54, 1.807) is 12.1 Å². The molecule has 0 fully saturated rings. The number of rotatable bonds is 5. The average molecular weight is 407 g/mol. The summed E-state index contributed by atoms with van der Waals surface area (Å²) < 4.78 is 5.21. The Bertz CT molecular complexity index is 760. The molecule has 0 aromatic heterocycles. The summed E-state index contributed by atoms with van der Waals surface area (Å²) >= 11 is 12.7. The van der Waals surface area contributed by atoms with E-state index < -0.39 is 12.6 Å². The third-order valence-corrected chi connectivity index (χ3v) is 5.70. The number of hydrogen-bond donors (Lipinski definition) is 0. The molecular weight excluding hydrogens is 390 g/mol. The van der Waals surface area contributed by atoms with Crippen LogP contribution in [0.1, 0.15) is 43.7 Å². The van der Waals surface area contributed by atoms with Crippen LogP contribution in [-0.4, -0.2) is 18.4 Å². The average Bonchev–Trinajstić information content (AvgIpc) is 2.83. The van der Waals surface area contributed by atoms with E-state index in [1.807, 2.05) is 0 Å². The second kappa shape index (κ2) is 8.42. The van der Waals surface area contributed by atoms with Crippen molar-refractivity contribution in [1.29, 1.82) is 0 Å². The van der Waals surface area contributed by atoms with Gasteiger partial charge in [-0.15, -0.1) is 0 Å². The van der Waals surface area contributed by atoms with Gasteiger partial charge in [-0.3, -0.25) is 4.79 Å². The maximum absolute atomic E-state index is 12.0. The number of carbonyl (C=O) groups is 2. The number of carbonyl (C=O) groups excluding carboxylic acids is 2. The van der Waals surface area contributed by atoms with Crippen molar-refractivity contribution in [2.45, 2.75) is 39.0 Å². The van der Waals surface area contributed by atoms with Gasteiger partial charge in [-0.25, -0.2) is 0 Å². The van der Waals surface area contributed by atoms with Gasteiger partial charge in [0.15, 0.2) is 5.78 Å². The van der Waals surface area contributed by atoms with E-state index in [2.05, 4.69) is 6.92 Å². The Morgan fingerprint density at radius 1 is 1.36 bits per heavy atom. The first-order chi connectivity index (χ1) is 11.4. The van der Waals surface area contributed by atoms with E-state index >= 15 is 0 Å². The Balaban J connectivity index is 0.00000225. The maximum Gasteiger partial charge on any atom is 1.00 e. The van der Waals surface area contributed by atoms with E-state index in [9.17, 15) is 14.7 Å². The van der Waals surface area contributed by atoms with Gasteiger partial charge in [-0.2, -0.15) is 0 Å². The Morgan fingerprint density at radius 2 is 2.08 bits per heavy atom. The fourth-order valence-electron chi connectivity index (χ4n) is 3.92. The summed E-state index contributed by atoms with van der Waals surface area (Å²) in [5.41, 5.74) is 2.63. The second-order valence-corrected chi connectivity index (χ2v) is 7.18. The van der Waals surface area contributed by atoms with Gasteiger partial charge in [0, 0.05) is 17.4 Å². The molecule has 0 saturated carbocycles. The number of ether oxygens (including phenoxy) is 1. The molecule has 2 aliphatic carbocycles. The first-order valence-electron chi connectivity index (χ1n) is 7.97. The van der Waals surface area contributed by atoms with Crippen molar-refractivity contribution in [3.8, 4) is 5.75 Å². The molecule has 25 heavy (non-hydrogen) atoms. The molecule has 3 rings (SSSR count). The van der Waals surface area contributed by atoms with Crippen LogP contribution < -0.4 is 61.2 Å². The standard InChI is InChI=1S/C18H18Cl2O4.K/c1-2-4-18-5-3-11(21)7-12(18)15-10(8-18)6-13(16(19)17(15)20)24-9-14(22)23;/h6-7H,2-5,8-9H2,1H3,(H,22,23);/q;+1/p-1. The van der Waals surface area contributed by atoms with Gasteiger partial charge in [-0.1, -0.05) is 36.5 Å². The quantitative estimate of drug-likeness (QED) is 0.655. The van der Waals surface area contributed by atoms with Crippen LogP contribution >= 0.6 is 23.2 Å². The number of hydrogen-bond acceptors (Lipinski definition) is 4. The van der Waals surface area contributed by atoms with Crippen LogP contribution in [0.5, 0.6) is 5.75 Å². The van der Waals surface area contributed by atoms with Crippen molar-refractivity contribution in [2.24, 2.45) is 5.41 Å². The monoisotopic (exact) mass is 406 g/mol. The molecule has 1 aromatic carbocycles. The fraction of sp³-hybridized carbons (Fsp3) is 0.444. The normalized spacial score (nSPS) is 21.1. The van der Waals surface area contributed by atoms with Gasteiger partial charge >= 0.3 is 51.4 Å². The summed E-state index contributed by atoms with van der Waals surface area (Å²) in [7, 11) is 0. The van der Waals surface area contributed by atoms with E-state index in [0.717, 1.165) is 42.4 Å². The van der Waals surface area contributed by atoms with Crippen molar-refractivity contribution in [3.63, 3.8) is 0 Å². The molecule has 0 aliphatic heterocycles. The molecule has 0 N–H and O–H groups in total. The zero-order valence-electron chi connectivity index (χ0n) is 14.3. The zero-order chi connectivity index (χ0) is 17.5. The first kappa shape index (κ1) is 21.4. The number of fused-ring (bicyclic) bond motifs is 3. The molecule has 0 bridgehead atoms. The number of benzene rings is 1. The predicted octanol–water partition coefficient (Wildman–Crippen LogP) is 0.215.